The van der Waals surface area contributed by atoms with Crippen LogP contribution in [0.15, 0.2) is 53.7 Å². The summed E-state index contributed by atoms with van der Waals surface area (Å²) in [5, 5.41) is 13.5. The van der Waals surface area contributed by atoms with Crippen molar-refractivity contribution >= 4 is 11.6 Å². The zero-order valence-electron chi connectivity index (χ0n) is 13.6. The molecule has 4 rings (SSSR count). The van der Waals surface area contributed by atoms with E-state index in [-0.39, 0.29) is 17.9 Å². The van der Waals surface area contributed by atoms with Crippen LogP contribution in [-0.2, 0) is 6.42 Å². The van der Waals surface area contributed by atoms with Crippen molar-refractivity contribution in [3.8, 4) is 0 Å². The van der Waals surface area contributed by atoms with Gasteiger partial charge >= 0.3 is 0 Å². The number of fused-ring (bicyclic) bond motifs is 2. The second-order valence-electron chi connectivity index (χ2n) is 6.59. The van der Waals surface area contributed by atoms with E-state index in [0.717, 1.165) is 36.0 Å². The van der Waals surface area contributed by atoms with E-state index < -0.39 is 0 Å². The van der Waals surface area contributed by atoms with E-state index in [1.807, 2.05) is 49.5 Å². The van der Waals surface area contributed by atoms with Gasteiger partial charge in [-0.1, -0.05) is 47.6 Å². The van der Waals surface area contributed by atoms with Crippen LogP contribution in [0.2, 0.25) is 0 Å². The summed E-state index contributed by atoms with van der Waals surface area (Å²) in [4.78, 5) is 14.4. The predicted octanol–water partition coefficient (Wildman–Crippen LogP) is 3.64. The molecule has 0 bridgehead atoms. The predicted molar refractivity (Wildman–Crippen MR) is 92.5 cm³/mol. The van der Waals surface area contributed by atoms with Crippen molar-refractivity contribution in [1.29, 1.82) is 0 Å². The van der Waals surface area contributed by atoms with Crippen molar-refractivity contribution in [2.75, 3.05) is 7.05 Å². The van der Waals surface area contributed by atoms with E-state index >= 15 is 0 Å². The SMILES string of the molecule is CN1C(=O)c2ccccc2[C@@H]1[C@H]1CCCc2ccccc2/C1=N\O. The maximum atomic E-state index is 12.6. The van der Waals surface area contributed by atoms with Crippen molar-refractivity contribution < 1.29 is 10.0 Å². The highest BCUT2D eigenvalue weighted by molar-refractivity contribution is 6.06. The molecule has 0 saturated carbocycles. The van der Waals surface area contributed by atoms with Crippen LogP contribution in [-0.4, -0.2) is 28.8 Å². The summed E-state index contributed by atoms with van der Waals surface area (Å²) in [6.07, 6.45) is 2.88. The van der Waals surface area contributed by atoms with Crippen LogP contribution in [0.5, 0.6) is 0 Å². The first-order valence-electron chi connectivity index (χ1n) is 8.38. The highest BCUT2D eigenvalue weighted by atomic mass is 16.4. The fourth-order valence-electron chi connectivity index (χ4n) is 4.23. The van der Waals surface area contributed by atoms with Crippen molar-refractivity contribution in [1.82, 2.24) is 4.90 Å². The van der Waals surface area contributed by atoms with Crippen LogP contribution in [0.1, 0.15) is 45.9 Å². The molecule has 24 heavy (non-hydrogen) atoms. The van der Waals surface area contributed by atoms with E-state index in [0.29, 0.717) is 5.71 Å². The first-order valence-corrected chi connectivity index (χ1v) is 8.38. The fraction of sp³-hybridized carbons (Fsp3) is 0.300. The normalized spacial score (nSPS) is 24.6. The molecule has 0 aromatic heterocycles. The summed E-state index contributed by atoms with van der Waals surface area (Å²) in [7, 11) is 1.85. The van der Waals surface area contributed by atoms with Gasteiger partial charge in [-0.2, -0.15) is 0 Å². The zero-order chi connectivity index (χ0) is 16.7. The Bertz CT molecular complexity index is 828. The molecule has 1 N–H and O–H groups in total. The van der Waals surface area contributed by atoms with Gasteiger partial charge in [0.25, 0.3) is 5.91 Å². The smallest absolute Gasteiger partial charge is 0.254 e. The van der Waals surface area contributed by atoms with Crippen molar-refractivity contribution in [2.45, 2.75) is 25.3 Å². The molecule has 4 heteroatoms. The van der Waals surface area contributed by atoms with Crippen LogP contribution in [0.4, 0.5) is 0 Å². The molecule has 2 aromatic rings. The van der Waals surface area contributed by atoms with E-state index in [2.05, 4.69) is 11.2 Å². The highest BCUT2D eigenvalue weighted by Crippen LogP contribution is 2.42. The number of hydrogen-bond acceptors (Lipinski definition) is 3. The summed E-state index contributed by atoms with van der Waals surface area (Å²) in [6.45, 7) is 0. The van der Waals surface area contributed by atoms with Crippen LogP contribution < -0.4 is 0 Å². The molecule has 2 aromatic carbocycles. The van der Waals surface area contributed by atoms with Gasteiger partial charge in [-0.3, -0.25) is 4.79 Å². The maximum Gasteiger partial charge on any atom is 0.254 e. The Hall–Kier alpha value is -2.62. The van der Waals surface area contributed by atoms with E-state index in [1.165, 1.54) is 5.56 Å². The molecule has 0 saturated heterocycles. The van der Waals surface area contributed by atoms with Gasteiger partial charge in [0.05, 0.1) is 11.8 Å². The lowest BCUT2D eigenvalue weighted by Crippen LogP contribution is -2.33. The second-order valence-corrected chi connectivity index (χ2v) is 6.59. The Morgan fingerprint density at radius 1 is 1.08 bits per heavy atom. The Morgan fingerprint density at radius 2 is 1.79 bits per heavy atom. The zero-order valence-corrected chi connectivity index (χ0v) is 13.6. The molecule has 0 unspecified atom stereocenters. The number of aryl methyl sites for hydroxylation is 1. The average Bonchev–Trinajstić information content (AvgIpc) is 2.77. The number of rotatable bonds is 1. The Kier molecular flexibility index (Phi) is 3.60. The molecule has 1 aliphatic carbocycles. The lowest BCUT2D eigenvalue weighted by Gasteiger charge is -2.29. The van der Waals surface area contributed by atoms with Crippen LogP contribution in [0.25, 0.3) is 0 Å². The molecular formula is C20H20N2O2. The molecule has 2 atom stereocenters. The first kappa shape index (κ1) is 14.9. The van der Waals surface area contributed by atoms with E-state index in [4.69, 9.17) is 0 Å². The third-order valence-corrected chi connectivity index (χ3v) is 5.34. The lowest BCUT2D eigenvalue weighted by atomic mass is 9.84. The standard InChI is InChI=1S/C20H20N2O2/c1-22-19(15-10-4-5-11-16(15)20(22)23)17-12-6-8-13-7-2-3-9-14(13)18(17)21-24/h2-5,7,9-11,17,19,24H,6,8,12H2,1H3/b21-18+/t17-,19+/m0/s1. The lowest BCUT2D eigenvalue weighted by molar-refractivity contribution is 0.0747. The quantitative estimate of drug-likeness (QED) is 0.495. The first-order chi connectivity index (χ1) is 11.7. The summed E-state index contributed by atoms with van der Waals surface area (Å²) < 4.78 is 0. The number of hydrogen-bond donors (Lipinski definition) is 1. The topological polar surface area (TPSA) is 52.9 Å². The van der Waals surface area contributed by atoms with Gasteiger partial charge in [-0.15, -0.1) is 0 Å². The van der Waals surface area contributed by atoms with E-state index in [9.17, 15) is 10.0 Å². The largest absolute Gasteiger partial charge is 0.411 e. The number of nitrogens with zero attached hydrogens (tertiary/aromatic N) is 2. The molecule has 1 amide bonds. The van der Waals surface area contributed by atoms with Gasteiger partial charge in [0, 0.05) is 24.1 Å². The molecular weight excluding hydrogens is 300 g/mol. The molecule has 0 spiro atoms. The van der Waals surface area contributed by atoms with Gasteiger partial charge in [-0.05, 0) is 36.5 Å². The van der Waals surface area contributed by atoms with E-state index in [1.54, 1.807) is 4.90 Å². The number of carbonyl (C=O) groups excluding carboxylic acids is 1. The minimum absolute atomic E-state index is 0.00347. The minimum atomic E-state index is -0.0780. The van der Waals surface area contributed by atoms with Crippen LogP contribution >= 0.6 is 0 Å². The average molecular weight is 320 g/mol. The summed E-state index contributed by atoms with van der Waals surface area (Å²) in [6, 6.07) is 15.8. The van der Waals surface area contributed by atoms with Gasteiger partial charge in [0.2, 0.25) is 0 Å². The monoisotopic (exact) mass is 320 g/mol. The van der Waals surface area contributed by atoms with Gasteiger partial charge in [-0.25, -0.2) is 0 Å². The fourth-order valence-corrected chi connectivity index (χ4v) is 4.23. The van der Waals surface area contributed by atoms with Crippen molar-refractivity contribution in [3.05, 3.63) is 70.8 Å². The Balaban J connectivity index is 1.83. The van der Waals surface area contributed by atoms with Crippen LogP contribution in [0.3, 0.4) is 0 Å². The highest BCUT2D eigenvalue weighted by Gasteiger charge is 2.42. The molecule has 1 heterocycles. The van der Waals surface area contributed by atoms with Crippen molar-refractivity contribution in [2.24, 2.45) is 11.1 Å². The Labute approximate surface area is 141 Å². The van der Waals surface area contributed by atoms with Crippen LogP contribution in [0, 0.1) is 5.92 Å². The molecule has 0 fully saturated rings. The van der Waals surface area contributed by atoms with Gasteiger partial charge in [0.1, 0.15) is 0 Å². The molecule has 4 nitrogen and oxygen atoms in total. The third kappa shape index (κ3) is 2.13. The molecule has 1 aliphatic heterocycles. The summed E-state index contributed by atoms with van der Waals surface area (Å²) in [5.74, 6) is 0.0432. The molecule has 122 valence electrons. The van der Waals surface area contributed by atoms with Gasteiger partial charge in [0.15, 0.2) is 0 Å². The molecule has 2 aliphatic rings. The molecule has 0 radical (unpaired) electrons. The summed E-state index contributed by atoms with van der Waals surface area (Å²) >= 11 is 0. The third-order valence-electron chi connectivity index (χ3n) is 5.34. The second kappa shape index (κ2) is 5.78. The number of oxime groups is 1. The van der Waals surface area contributed by atoms with Crippen molar-refractivity contribution in [3.63, 3.8) is 0 Å². The number of carbonyl (C=O) groups is 1. The number of benzene rings is 2. The summed E-state index contributed by atoms with van der Waals surface area (Å²) in [5.41, 5.74) is 4.72. The Morgan fingerprint density at radius 3 is 2.58 bits per heavy atom. The maximum absolute atomic E-state index is 12.6. The minimum Gasteiger partial charge on any atom is -0.411 e. The van der Waals surface area contributed by atoms with Gasteiger partial charge < -0.3 is 10.1 Å². The number of amides is 1.